The quantitative estimate of drug-likeness (QED) is 0.611. The molecular formula is C12H19N3O3. The number of nitrogens with zero attached hydrogens (tertiary/aromatic N) is 3. The van der Waals surface area contributed by atoms with Gasteiger partial charge in [0.1, 0.15) is 0 Å². The topological polar surface area (TPSA) is 69.8 Å². The van der Waals surface area contributed by atoms with Gasteiger partial charge in [-0.2, -0.15) is 0 Å². The lowest BCUT2D eigenvalue weighted by Crippen LogP contribution is -2.28. The van der Waals surface area contributed by atoms with Crippen molar-refractivity contribution >= 4 is 5.69 Å². The van der Waals surface area contributed by atoms with Gasteiger partial charge in [0.25, 0.3) is 0 Å². The van der Waals surface area contributed by atoms with Crippen LogP contribution in [0.25, 0.3) is 0 Å². The van der Waals surface area contributed by atoms with E-state index < -0.39 is 4.92 Å². The van der Waals surface area contributed by atoms with E-state index in [1.165, 1.54) is 12.1 Å². The summed E-state index contributed by atoms with van der Waals surface area (Å²) in [5.41, 5.74) is 0.578. The fourth-order valence-electron chi connectivity index (χ4n) is 1.58. The molecule has 0 spiro atoms. The number of likely N-dealkylation sites (N-methyl/N-ethyl adjacent to an activating group) is 2. The molecule has 0 amide bonds. The van der Waals surface area contributed by atoms with Crippen molar-refractivity contribution in [3.63, 3.8) is 0 Å². The third kappa shape index (κ3) is 4.31. The van der Waals surface area contributed by atoms with Gasteiger partial charge in [-0.25, -0.2) is 0 Å². The van der Waals surface area contributed by atoms with E-state index in [0.29, 0.717) is 6.54 Å². The maximum atomic E-state index is 10.7. The lowest BCUT2D eigenvalue weighted by Gasteiger charge is -2.19. The van der Waals surface area contributed by atoms with Gasteiger partial charge in [0.2, 0.25) is 0 Å². The molecular weight excluding hydrogens is 234 g/mol. The molecule has 100 valence electrons. The van der Waals surface area contributed by atoms with Crippen molar-refractivity contribution in [3.8, 4) is 5.75 Å². The molecule has 1 aromatic rings. The minimum Gasteiger partial charge on any atom is -0.502 e. The third-order valence-electron chi connectivity index (χ3n) is 2.62. The highest BCUT2D eigenvalue weighted by atomic mass is 16.6. The number of rotatable bonds is 6. The molecule has 0 atom stereocenters. The summed E-state index contributed by atoms with van der Waals surface area (Å²) in [5, 5.41) is 20.1. The Morgan fingerprint density at radius 1 is 1.28 bits per heavy atom. The van der Waals surface area contributed by atoms with Crippen LogP contribution >= 0.6 is 0 Å². The van der Waals surface area contributed by atoms with Gasteiger partial charge >= 0.3 is 5.69 Å². The van der Waals surface area contributed by atoms with Crippen molar-refractivity contribution in [1.82, 2.24) is 9.80 Å². The maximum absolute atomic E-state index is 10.7. The predicted molar refractivity (Wildman–Crippen MR) is 69.6 cm³/mol. The fraction of sp³-hybridized carbons (Fsp3) is 0.500. The lowest BCUT2D eigenvalue weighted by atomic mass is 10.2. The zero-order valence-corrected chi connectivity index (χ0v) is 11.0. The molecule has 0 fully saturated rings. The summed E-state index contributed by atoms with van der Waals surface area (Å²) in [4.78, 5) is 14.3. The summed E-state index contributed by atoms with van der Waals surface area (Å²) in [5.74, 6) is -0.292. The van der Waals surface area contributed by atoms with E-state index in [2.05, 4.69) is 9.80 Å². The first-order chi connectivity index (χ1) is 8.40. The third-order valence-corrected chi connectivity index (χ3v) is 2.62. The number of hydrogen-bond donors (Lipinski definition) is 1. The summed E-state index contributed by atoms with van der Waals surface area (Å²) in [7, 11) is 5.96. The lowest BCUT2D eigenvalue weighted by molar-refractivity contribution is -0.385. The number of phenols is 1. The van der Waals surface area contributed by atoms with Gasteiger partial charge in [-0.1, -0.05) is 6.07 Å². The molecule has 0 aliphatic rings. The van der Waals surface area contributed by atoms with Gasteiger partial charge in [0.15, 0.2) is 5.75 Å². The summed E-state index contributed by atoms with van der Waals surface area (Å²) in [6.45, 7) is 2.42. The standard InChI is InChI=1S/C12H19N3O3/c1-13(2)6-7-14(3)9-10-4-5-12(16)11(8-10)15(17)18/h4-5,8,16H,6-7,9H2,1-3H3. The fourth-order valence-corrected chi connectivity index (χ4v) is 1.58. The van der Waals surface area contributed by atoms with Crippen molar-refractivity contribution < 1.29 is 10.0 Å². The first-order valence-electron chi connectivity index (χ1n) is 5.69. The minimum atomic E-state index is -0.571. The molecule has 1 N–H and O–H groups in total. The van der Waals surface area contributed by atoms with Crippen LogP contribution in [0, 0.1) is 10.1 Å². The van der Waals surface area contributed by atoms with Crippen LogP contribution in [-0.2, 0) is 6.54 Å². The van der Waals surface area contributed by atoms with E-state index in [9.17, 15) is 15.2 Å². The second kappa shape index (κ2) is 6.32. The van der Waals surface area contributed by atoms with E-state index in [0.717, 1.165) is 18.7 Å². The van der Waals surface area contributed by atoms with Crippen LogP contribution in [0.15, 0.2) is 18.2 Å². The molecule has 6 nitrogen and oxygen atoms in total. The molecule has 1 rings (SSSR count). The second-order valence-corrected chi connectivity index (χ2v) is 4.62. The molecule has 0 radical (unpaired) electrons. The number of phenolic OH excluding ortho intramolecular Hbond substituents is 1. The van der Waals surface area contributed by atoms with Crippen LogP contribution in [0.5, 0.6) is 5.75 Å². The summed E-state index contributed by atoms with van der Waals surface area (Å²) >= 11 is 0. The smallest absolute Gasteiger partial charge is 0.311 e. The van der Waals surface area contributed by atoms with Gasteiger partial charge in [-0.3, -0.25) is 10.1 Å². The highest BCUT2D eigenvalue weighted by Gasteiger charge is 2.14. The van der Waals surface area contributed by atoms with Gasteiger partial charge in [-0.05, 0) is 32.8 Å². The van der Waals surface area contributed by atoms with Crippen LogP contribution in [0.3, 0.4) is 0 Å². The molecule has 0 bridgehead atoms. The predicted octanol–water partition coefficient (Wildman–Crippen LogP) is 1.29. The Morgan fingerprint density at radius 2 is 1.94 bits per heavy atom. The normalized spacial score (nSPS) is 11.2. The SMILES string of the molecule is CN(C)CCN(C)Cc1ccc(O)c([N+](=O)[O-])c1. The van der Waals surface area contributed by atoms with Crippen LogP contribution in [0.4, 0.5) is 5.69 Å². The van der Waals surface area contributed by atoms with Crippen molar-refractivity contribution in [1.29, 1.82) is 0 Å². The first kappa shape index (κ1) is 14.4. The number of nitro benzene ring substituents is 1. The number of aromatic hydroxyl groups is 1. The number of hydrogen-bond acceptors (Lipinski definition) is 5. The summed E-state index contributed by atoms with van der Waals surface area (Å²) < 4.78 is 0. The van der Waals surface area contributed by atoms with Gasteiger partial charge in [-0.15, -0.1) is 0 Å². The van der Waals surface area contributed by atoms with Crippen molar-refractivity contribution in [2.45, 2.75) is 6.54 Å². The molecule has 0 unspecified atom stereocenters. The molecule has 18 heavy (non-hydrogen) atoms. The molecule has 0 saturated heterocycles. The van der Waals surface area contributed by atoms with Crippen molar-refractivity contribution in [2.75, 3.05) is 34.2 Å². The van der Waals surface area contributed by atoms with Gasteiger partial charge in [0, 0.05) is 25.7 Å². The van der Waals surface area contributed by atoms with E-state index in [4.69, 9.17) is 0 Å². The Balaban J connectivity index is 2.67. The largest absolute Gasteiger partial charge is 0.502 e. The first-order valence-corrected chi connectivity index (χ1v) is 5.69. The molecule has 0 aliphatic heterocycles. The van der Waals surface area contributed by atoms with Crippen LogP contribution in [0.2, 0.25) is 0 Å². The average Bonchev–Trinajstić information content (AvgIpc) is 2.28. The Morgan fingerprint density at radius 3 is 2.50 bits per heavy atom. The second-order valence-electron chi connectivity index (χ2n) is 4.62. The molecule has 0 saturated carbocycles. The molecule has 0 aromatic heterocycles. The molecule has 1 aromatic carbocycles. The van der Waals surface area contributed by atoms with Gasteiger partial charge < -0.3 is 14.9 Å². The van der Waals surface area contributed by atoms with Gasteiger partial charge in [0.05, 0.1) is 4.92 Å². The Bertz CT molecular complexity index is 421. The maximum Gasteiger partial charge on any atom is 0.311 e. The van der Waals surface area contributed by atoms with Crippen molar-refractivity contribution in [2.24, 2.45) is 0 Å². The zero-order valence-electron chi connectivity index (χ0n) is 11.0. The van der Waals surface area contributed by atoms with E-state index in [1.54, 1.807) is 6.07 Å². The summed E-state index contributed by atoms with van der Waals surface area (Å²) in [6, 6.07) is 4.49. The molecule has 6 heteroatoms. The highest BCUT2D eigenvalue weighted by Crippen LogP contribution is 2.26. The highest BCUT2D eigenvalue weighted by molar-refractivity contribution is 5.47. The van der Waals surface area contributed by atoms with E-state index in [1.807, 2.05) is 21.1 Å². The van der Waals surface area contributed by atoms with Crippen LogP contribution < -0.4 is 0 Å². The molecule has 0 heterocycles. The zero-order chi connectivity index (χ0) is 13.7. The summed E-state index contributed by atoms with van der Waals surface area (Å²) in [6.07, 6.45) is 0. The van der Waals surface area contributed by atoms with Crippen molar-refractivity contribution in [3.05, 3.63) is 33.9 Å². The van der Waals surface area contributed by atoms with Crippen LogP contribution in [0.1, 0.15) is 5.56 Å². The average molecular weight is 253 g/mol. The van der Waals surface area contributed by atoms with E-state index in [-0.39, 0.29) is 11.4 Å². The molecule has 0 aliphatic carbocycles. The Kier molecular flexibility index (Phi) is 5.06. The number of benzene rings is 1. The minimum absolute atomic E-state index is 0.242. The number of nitro groups is 1. The Labute approximate surface area is 107 Å². The van der Waals surface area contributed by atoms with E-state index >= 15 is 0 Å². The Hall–Kier alpha value is -1.66. The monoisotopic (exact) mass is 253 g/mol. The van der Waals surface area contributed by atoms with Crippen LogP contribution in [-0.4, -0.2) is 54.1 Å².